The number of hydrogen-bond donors (Lipinski definition) is 1. The van der Waals surface area contributed by atoms with Crippen LogP contribution in [0.15, 0.2) is 42.7 Å². The fraction of sp³-hybridized carbons (Fsp3) is 0.261. The molecule has 5 nitrogen and oxygen atoms in total. The minimum absolute atomic E-state index is 0.0150. The maximum atomic E-state index is 14.3. The van der Waals surface area contributed by atoms with E-state index in [0.29, 0.717) is 16.8 Å². The zero-order valence-corrected chi connectivity index (χ0v) is 18.1. The third-order valence-electron chi connectivity index (χ3n) is 5.73. The number of piperazine rings is 1. The van der Waals surface area contributed by atoms with Gasteiger partial charge in [-0.3, -0.25) is 0 Å². The Kier molecular flexibility index (Phi) is 5.11. The van der Waals surface area contributed by atoms with E-state index in [1.54, 1.807) is 17.5 Å². The first-order chi connectivity index (χ1) is 15.0. The SMILES string of the molecule is COc1c(F)cc(F)cc1-c1c[nH]c2ncc(-c3ccc(N4CCN(C)CC4)s3)cc12. The summed E-state index contributed by atoms with van der Waals surface area (Å²) in [7, 11) is 3.52. The Morgan fingerprint density at radius 3 is 2.65 bits per heavy atom. The molecule has 0 atom stereocenters. The number of H-pyrrole nitrogens is 1. The van der Waals surface area contributed by atoms with Crippen molar-refractivity contribution in [1.29, 1.82) is 0 Å². The standard InChI is InChI=1S/C23H22F2N4OS/c1-28-5-7-29(8-6-28)21-4-3-20(31-21)14-9-17-18(13-27-23(17)26-12-14)16-10-15(24)11-19(25)22(16)30-2/h3-4,9-13H,5-8H2,1-2H3,(H,26,27). The summed E-state index contributed by atoms with van der Waals surface area (Å²) in [6.45, 7) is 4.14. The van der Waals surface area contributed by atoms with Gasteiger partial charge in [0.15, 0.2) is 11.6 Å². The van der Waals surface area contributed by atoms with Crippen molar-refractivity contribution in [3.8, 4) is 27.3 Å². The van der Waals surface area contributed by atoms with Crippen molar-refractivity contribution in [2.75, 3.05) is 45.2 Å². The molecule has 0 radical (unpaired) electrons. The number of anilines is 1. The Balaban J connectivity index is 1.54. The normalized spacial score (nSPS) is 15.0. The topological polar surface area (TPSA) is 44.4 Å². The number of nitrogens with one attached hydrogen (secondary N) is 1. The van der Waals surface area contributed by atoms with Crippen molar-refractivity contribution >= 4 is 27.4 Å². The summed E-state index contributed by atoms with van der Waals surface area (Å²) in [6, 6.07) is 8.38. The average molecular weight is 441 g/mol. The van der Waals surface area contributed by atoms with Crippen LogP contribution in [0.2, 0.25) is 0 Å². The van der Waals surface area contributed by atoms with Gasteiger partial charge in [0, 0.05) is 71.6 Å². The molecule has 1 fully saturated rings. The molecule has 0 bridgehead atoms. The van der Waals surface area contributed by atoms with Crippen LogP contribution in [0.3, 0.4) is 0 Å². The zero-order chi connectivity index (χ0) is 21.5. The maximum Gasteiger partial charge on any atom is 0.168 e. The van der Waals surface area contributed by atoms with E-state index in [-0.39, 0.29) is 5.75 Å². The summed E-state index contributed by atoms with van der Waals surface area (Å²) >= 11 is 1.73. The number of nitrogens with zero attached hydrogens (tertiary/aromatic N) is 3. The van der Waals surface area contributed by atoms with Gasteiger partial charge in [0.2, 0.25) is 0 Å². The number of thiophene rings is 1. The van der Waals surface area contributed by atoms with Gasteiger partial charge in [0.05, 0.1) is 12.1 Å². The Morgan fingerprint density at radius 2 is 1.87 bits per heavy atom. The van der Waals surface area contributed by atoms with E-state index in [4.69, 9.17) is 4.74 Å². The van der Waals surface area contributed by atoms with Crippen molar-refractivity contribution in [1.82, 2.24) is 14.9 Å². The van der Waals surface area contributed by atoms with E-state index in [1.807, 2.05) is 12.3 Å². The number of aromatic nitrogens is 2. The van der Waals surface area contributed by atoms with E-state index in [2.05, 4.69) is 38.9 Å². The third-order valence-corrected chi connectivity index (χ3v) is 6.92. The molecule has 0 spiro atoms. The number of pyridine rings is 1. The predicted octanol–water partition coefficient (Wildman–Crippen LogP) is 5.00. The molecule has 0 aliphatic carbocycles. The van der Waals surface area contributed by atoms with Gasteiger partial charge in [-0.05, 0) is 31.3 Å². The number of likely N-dealkylation sites (N-methyl/N-ethyl adjacent to an activating group) is 1. The minimum atomic E-state index is -0.731. The fourth-order valence-electron chi connectivity index (χ4n) is 4.01. The van der Waals surface area contributed by atoms with Crippen LogP contribution in [-0.2, 0) is 0 Å². The summed E-state index contributed by atoms with van der Waals surface area (Å²) in [6.07, 6.45) is 3.54. The highest BCUT2D eigenvalue weighted by Crippen LogP contribution is 2.40. The molecule has 5 rings (SSSR count). The summed E-state index contributed by atoms with van der Waals surface area (Å²) in [5.41, 5.74) is 2.63. The lowest BCUT2D eigenvalue weighted by Gasteiger charge is -2.32. The largest absolute Gasteiger partial charge is 0.493 e. The minimum Gasteiger partial charge on any atom is -0.493 e. The molecule has 4 heterocycles. The molecule has 31 heavy (non-hydrogen) atoms. The second kappa shape index (κ2) is 7.94. The first kappa shape index (κ1) is 20.0. The highest BCUT2D eigenvalue weighted by Gasteiger charge is 2.19. The Hall–Kier alpha value is -2.97. The first-order valence-corrected chi connectivity index (χ1v) is 10.9. The molecule has 1 aromatic carbocycles. The van der Waals surface area contributed by atoms with Gasteiger partial charge in [-0.15, -0.1) is 11.3 Å². The van der Waals surface area contributed by atoms with Crippen LogP contribution < -0.4 is 9.64 Å². The van der Waals surface area contributed by atoms with Gasteiger partial charge < -0.3 is 19.5 Å². The van der Waals surface area contributed by atoms with E-state index in [0.717, 1.165) is 48.1 Å². The van der Waals surface area contributed by atoms with Crippen molar-refractivity contribution in [3.63, 3.8) is 0 Å². The number of fused-ring (bicyclic) bond motifs is 1. The maximum absolute atomic E-state index is 14.3. The van der Waals surface area contributed by atoms with E-state index >= 15 is 0 Å². The third kappa shape index (κ3) is 3.66. The lowest BCUT2D eigenvalue weighted by molar-refractivity contribution is 0.313. The van der Waals surface area contributed by atoms with E-state index in [9.17, 15) is 8.78 Å². The van der Waals surface area contributed by atoms with Gasteiger partial charge in [-0.2, -0.15) is 0 Å². The lowest BCUT2D eigenvalue weighted by Crippen LogP contribution is -2.44. The number of benzene rings is 1. The number of halogens is 2. The van der Waals surface area contributed by atoms with Crippen molar-refractivity contribution in [2.24, 2.45) is 0 Å². The molecule has 1 aliphatic rings. The van der Waals surface area contributed by atoms with Crippen LogP contribution in [0.5, 0.6) is 5.75 Å². The molecule has 8 heteroatoms. The van der Waals surface area contributed by atoms with Crippen LogP contribution in [0.1, 0.15) is 0 Å². The van der Waals surface area contributed by atoms with Gasteiger partial charge in [0.25, 0.3) is 0 Å². The number of rotatable bonds is 4. The molecular weight excluding hydrogens is 418 g/mol. The van der Waals surface area contributed by atoms with Gasteiger partial charge >= 0.3 is 0 Å². The number of methoxy groups -OCH3 is 1. The van der Waals surface area contributed by atoms with Crippen molar-refractivity contribution < 1.29 is 13.5 Å². The molecule has 0 saturated carbocycles. The molecule has 1 N–H and O–H groups in total. The van der Waals surface area contributed by atoms with Gasteiger partial charge in [-0.25, -0.2) is 13.8 Å². The average Bonchev–Trinajstić information content (AvgIpc) is 3.41. The van der Waals surface area contributed by atoms with E-state index in [1.165, 1.54) is 18.2 Å². The molecule has 0 unspecified atom stereocenters. The summed E-state index contributed by atoms with van der Waals surface area (Å²) in [5.74, 6) is -1.37. The Morgan fingerprint density at radius 1 is 1.06 bits per heavy atom. The number of ether oxygens (including phenoxy) is 1. The Bertz CT molecular complexity index is 1240. The van der Waals surface area contributed by atoms with Crippen LogP contribution in [0.25, 0.3) is 32.6 Å². The monoisotopic (exact) mass is 440 g/mol. The second-order valence-electron chi connectivity index (χ2n) is 7.72. The molecule has 3 aromatic heterocycles. The molecule has 1 aliphatic heterocycles. The molecule has 160 valence electrons. The van der Waals surface area contributed by atoms with Crippen molar-refractivity contribution in [3.05, 3.63) is 54.4 Å². The highest BCUT2D eigenvalue weighted by atomic mass is 32.1. The molecular formula is C23H22F2N4OS. The number of hydrogen-bond acceptors (Lipinski definition) is 5. The van der Waals surface area contributed by atoms with Crippen LogP contribution in [-0.4, -0.2) is 55.2 Å². The Labute approximate surface area is 182 Å². The fourth-order valence-corrected chi connectivity index (χ4v) is 5.05. The van der Waals surface area contributed by atoms with Gasteiger partial charge in [-0.1, -0.05) is 0 Å². The molecule has 0 amide bonds. The second-order valence-corrected chi connectivity index (χ2v) is 8.78. The predicted molar refractivity (Wildman–Crippen MR) is 121 cm³/mol. The summed E-state index contributed by atoms with van der Waals surface area (Å²) in [4.78, 5) is 13.5. The first-order valence-electron chi connectivity index (χ1n) is 10.1. The van der Waals surface area contributed by atoms with Crippen molar-refractivity contribution in [2.45, 2.75) is 0 Å². The smallest absolute Gasteiger partial charge is 0.168 e. The molecule has 1 saturated heterocycles. The van der Waals surface area contributed by atoms with Crippen LogP contribution in [0, 0.1) is 11.6 Å². The van der Waals surface area contributed by atoms with E-state index < -0.39 is 11.6 Å². The van der Waals surface area contributed by atoms with Gasteiger partial charge in [0.1, 0.15) is 11.5 Å². The van der Waals surface area contributed by atoms with Crippen LogP contribution in [0.4, 0.5) is 13.8 Å². The number of aromatic amines is 1. The summed E-state index contributed by atoms with van der Waals surface area (Å²) in [5, 5.41) is 2.03. The zero-order valence-electron chi connectivity index (χ0n) is 17.3. The van der Waals surface area contributed by atoms with Crippen LogP contribution >= 0.6 is 11.3 Å². The quantitative estimate of drug-likeness (QED) is 0.485. The molecule has 4 aromatic rings. The highest BCUT2D eigenvalue weighted by molar-refractivity contribution is 7.19. The lowest BCUT2D eigenvalue weighted by atomic mass is 10.0. The summed E-state index contributed by atoms with van der Waals surface area (Å²) < 4.78 is 33.4.